The van der Waals surface area contributed by atoms with E-state index >= 15 is 0 Å². The second kappa shape index (κ2) is 6.84. The van der Waals surface area contributed by atoms with Gasteiger partial charge < -0.3 is 15.2 Å². The summed E-state index contributed by atoms with van der Waals surface area (Å²) >= 11 is 0. The highest BCUT2D eigenvalue weighted by atomic mass is 16.5. The number of rotatable bonds is 7. The molecule has 0 radical (unpaired) electrons. The van der Waals surface area contributed by atoms with Gasteiger partial charge in [-0.05, 0) is 31.2 Å². The summed E-state index contributed by atoms with van der Waals surface area (Å²) in [6.45, 7) is 1.92. The first-order chi connectivity index (χ1) is 10.5. The lowest BCUT2D eigenvalue weighted by Gasteiger charge is -2.22. The van der Waals surface area contributed by atoms with Crippen molar-refractivity contribution in [1.82, 2.24) is 4.98 Å². The predicted octanol–water partition coefficient (Wildman–Crippen LogP) is 1.28. The number of aliphatic carboxylic acids is 1. The average Bonchev–Trinajstić information content (AvgIpc) is 2.94. The van der Waals surface area contributed by atoms with Crippen molar-refractivity contribution in [3.05, 3.63) is 36.5 Å². The van der Waals surface area contributed by atoms with Gasteiger partial charge in [-0.25, -0.2) is 9.78 Å². The Labute approximate surface area is 127 Å². The summed E-state index contributed by atoms with van der Waals surface area (Å²) in [6, 6.07) is 5.27. The Morgan fingerprint density at radius 1 is 1.45 bits per heavy atom. The first-order valence-corrected chi connectivity index (χ1v) is 6.81. The fourth-order valence-corrected chi connectivity index (χ4v) is 2.02. The Balaban J connectivity index is 1.90. The van der Waals surface area contributed by atoms with Gasteiger partial charge in [-0.15, -0.1) is 0 Å². The van der Waals surface area contributed by atoms with Gasteiger partial charge in [0.2, 0.25) is 0 Å². The molecule has 7 nitrogen and oxygen atoms in total. The van der Waals surface area contributed by atoms with Gasteiger partial charge >= 0.3 is 11.9 Å². The Morgan fingerprint density at radius 3 is 2.86 bits per heavy atom. The molecule has 22 heavy (non-hydrogen) atoms. The normalized spacial score (nSPS) is 20.6. The molecule has 2 atom stereocenters. The molecule has 0 saturated heterocycles. The zero-order chi connectivity index (χ0) is 16.0. The third-order valence-electron chi connectivity index (χ3n) is 3.06. The molecule has 2 rings (SSSR count). The third-order valence-corrected chi connectivity index (χ3v) is 3.06. The smallest absolute Gasteiger partial charge is 0.338 e. The molecule has 116 valence electrons. The fourth-order valence-electron chi connectivity index (χ4n) is 2.02. The van der Waals surface area contributed by atoms with Crippen LogP contribution in [0.15, 0.2) is 41.5 Å². The lowest BCUT2D eigenvalue weighted by atomic mass is 9.97. The number of allylic oxidation sites excluding steroid dienone is 1. The number of pyridine rings is 1. The second-order valence-electron chi connectivity index (χ2n) is 4.99. The van der Waals surface area contributed by atoms with Crippen molar-refractivity contribution < 1.29 is 19.4 Å². The van der Waals surface area contributed by atoms with Gasteiger partial charge in [0.1, 0.15) is 12.4 Å². The number of aromatic nitrogens is 1. The lowest BCUT2D eigenvalue weighted by Crippen LogP contribution is -2.39. The Morgan fingerprint density at radius 2 is 2.27 bits per heavy atom. The van der Waals surface area contributed by atoms with Crippen LogP contribution >= 0.6 is 0 Å². The topological polar surface area (TPSA) is 101 Å². The molecule has 7 heteroatoms. The highest BCUT2D eigenvalue weighted by Gasteiger charge is 2.41. The van der Waals surface area contributed by atoms with Crippen molar-refractivity contribution in [2.75, 3.05) is 11.9 Å². The Kier molecular flexibility index (Phi) is 4.88. The van der Waals surface area contributed by atoms with Crippen LogP contribution in [0.5, 0.6) is 0 Å². The number of carbonyl (C=O) groups is 2. The maximum Gasteiger partial charge on any atom is 0.338 e. The number of aliphatic imine (C=N–C) groups is 1. The molecule has 1 aromatic rings. The summed E-state index contributed by atoms with van der Waals surface area (Å²) in [5.41, 5.74) is -1.45. The van der Waals surface area contributed by atoms with E-state index in [1.54, 1.807) is 24.4 Å². The zero-order valence-corrected chi connectivity index (χ0v) is 12.1. The van der Waals surface area contributed by atoms with Crippen molar-refractivity contribution in [2.24, 2.45) is 4.99 Å². The number of carboxylic acids is 1. The van der Waals surface area contributed by atoms with E-state index in [2.05, 4.69) is 15.3 Å². The standard InChI is InChI=1S/C15H17N3O4/c1-11(18-12-5-2-3-7-16-12)10-22-14(21)15(9-13(19)20)6-4-8-17-15/h2-8,11H,9-10H2,1H3,(H,16,18)(H,19,20). The number of ether oxygens (including phenoxy) is 1. The first kappa shape index (κ1) is 15.7. The molecule has 1 aliphatic heterocycles. The van der Waals surface area contributed by atoms with Gasteiger partial charge in [-0.3, -0.25) is 9.79 Å². The van der Waals surface area contributed by atoms with E-state index in [0.29, 0.717) is 5.82 Å². The minimum absolute atomic E-state index is 0.0835. The molecule has 2 N–H and O–H groups in total. The van der Waals surface area contributed by atoms with Crippen molar-refractivity contribution in [2.45, 2.75) is 24.9 Å². The van der Waals surface area contributed by atoms with Crippen LogP contribution in [0.4, 0.5) is 5.82 Å². The molecule has 0 aromatic carbocycles. The van der Waals surface area contributed by atoms with Crippen LogP contribution in [0.25, 0.3) is 0 Å². The Bertz CT molecular complexity index is 586. The van der Waals surface area contributed by atoms with Gasteiger partial charge in [0.25, 0.3) is 0 Å². The second-order valence-corrected chi connectivity index (χ2v) is 4.99. The van der Waals surface area contributed by atoms with E-state index in [1.807, 2.05) is 13.0 Å². The molecule has 0 saturated carbocycles. The SMILES string of the molecule is CC(COC(=O)C1(CC(=O)O)C=CC=N1)Nc1ccccn1. The third kappa shape index (κ3) is 3.91. The molecule has 1 aromatic heterocycles. The molecule has 2 heterocycles. The summed E-state index contributed by atoms with van der Waals surface area (Å²) in [6.07, 6.45) is 5.61. The summed E-state index contributed by atoms with van der Waals surface area (Å²) < 4.78 is 5.21. The summed E-state index contributed by atoms with van der Waals surface area (Å²) in [5, 5.41) is 12.0. The van der Waals surface area contributed by atoms with E-state index in [9.17, 15) is 9.59 Å². The summed E-state index contributed by atoms with van der Waals surface area (Å²) in [5.74, 6) is -1.11. The largest absolute Gasteiger partial charge is 0.481 e. The van der Waals surface area contributed by atoms with Crippen LogP contribution in [0, 0.1) is 0 Å². The maximum absolute atomic E-state index is 12.2. The van der Waals surface area contributed by atoms with Crippen molar-refractivity contribution >= 4 is 24.0 Å². The maximum atomic E-state index is 12.2. The Hall–Kier alpha value is -2.70. The summed E-state index contributed by atoms with van der Waals surface area (Å²) in [4.78, 5) is 31.1. The first-order valence-electron chi connectivity index (χ1n) is 6.81. The minimum Gasteiger partial charge on any atom is -0.481 e. The van der Waals surface area contributed by atoms with Crippen LogP contribution < -0.4 is 5.32 Å². The number of carboxylic acid groups (broad SMARTS) is 1. The van der Waals surface area contributed by atoms with Gasteiger partial charge in [0.15, 0.2) is 5.54 Å². The fraction of sp³-hybridized carbons (Fsp3) is 0.333. The molecule has 2 unspecified atom stereocenters. The number of nitrogens with zero attached hydrogens (tertiary/aromatic N) is 2. The highest BCUT2D eigenvalue weighted by Crippen LogP contribution is 2.23. The summed E-state index contributed by atoms with van der Waals surface area (Å²) in [7, 11) is 0. The van der Waals surface area contributed by atoms with Crippen LogP contribution in [0.2, 0.25) is 0 Å². The number of anilines is 1. The van der Waals surface area contributed by atoms with Gasteiger partial charge in [-0.2, -0.15) is 0 Å². The van der Waals surface area contributed by atoms with Crippen molar-refractivity contribution in [1.29, 1.82) is 0 Å². The molecule has 0 aliphatic carbocycles. The molecular formula is C15H17N3O4. The highest BCUT2D eigenvalue weighted by molar-refractivity contribution is 5.94. The molecular weight excluding hydrogens is 286 g/mol. The molecule has 0 spiro atoms. The van der Waals surface area contributed by atoms with Crippen LogP contribution in [-0.2, 0) is 14.3 Å². The number of carbonyl (C=O) groups excluding carboxylic acids is 1. The molecule has 0 bridgehead atoms. The molecule has 1 aliphatic rings. The zero-order valence-electron chi connectivity index (χ0n) is 12.1. The van der Waals surface area contributed by atoms with Crippen molar-refractivity contribution in [3.63, 3.8) is 0 Å². The van der Waals surface area contributed by atoms with E-state index in [-0.39, 0.29) is 12.6 Å². The van der Waals surface area contributed by atoms with Crippen LogP contribution in [0.1, 0.15) is 13.3 Å². The van der Waals surface area contributed by atoms with E-state index < -0.39 is 23.9 Å². The number of esters is 1. The van der Waals surface area contributed by atoms with Gasteiger partial charge in [-0.1, -0.05) is 6.07 Å². The quantitative estimate of drug-likeness (QED) is 0.736. The van der Waals surface area contributed by atoms with Crippen LogP contribution in [0.3, 0.4) is 0 Å². The van der Waals surface area contributed by atoms with E-state index in [0.717, 1.165) is 0 Å². The molecule has 0 amide bonds. The average molecular weight is 303 g/mol. The van der Waals surface area contributed by atoms with Gasteiger partial charge in [0.05, 0.1) is 12.5 Å². The monoisotopic (exact) mass is 303 g/mol. The number of nitrogens with one attached hydrogen (secondary N) is 1. The lowest BCUT2D eigenvalue weighted by molar-refractivity contribution is -0.152. The van der Waals surface area contributed by atoms with E-state index in [4.69, 9.17) is 9.84 Å². The number of hydrogen-bond donors (Lipinski definition) is 2. The van der Waals surface area contributed by atoms with E-state index in [1.165, 1.54) is 12.3 Å². The molecule has 0 fully saturated rings. The minimum atomic E-state index is -1.45. The van der Waals surface area contributed by atoms with Gasteiger partial charge in [0, 0.05) is 12.4 Å². The van der Waals surface area contributed by atoms with Crippen LogP contribution in [-0.4, -0.2) is 46.4 Å². The predicted molar refractivity (Wildman–Crippen MR) is 80.9 cm³/mol. The van der Waals surface area contributed by atoms with Crippen molar-refractivity contribution in [3.8, 4) is 0 Å². The number of hydrogen-bond acceptors (Lipinski definition) is 6.